The van der Waals surface area contributed by atoms with Gasteiger partial charge in [-0.15, -0.1) is 24.5 Å². The van der Waals surface area contributed by atoms with Crippen molar-refractivity contribution in [1.29, 1.82) is 0 Å². The Labute approximate surface area is 158 Å². The lowest BCUT2D eigenvalue weighted by atomic mass is 9.62. The van der Waals surface area contributed by atoms with Crippen molar-refractivity contribution < 1.29 is 0 Å². The molecule has 1 heteroatoms. The van der Waals surface area contributed by atoms with Gasteiger partial charge in [-0.1, -0.05) is 46.4 Å². The maximum Gasteiger partial charge on any atom is 0.0345 e. The second-order valence-corrected chi connectivity index (χ2v) is 9.66. The molecule has 0 N–H and O–H groups in total. The summed E-state index contributed by atoms with van der Waals surface area (Å²) < 4.78 is 0. The fourth-order valence-corrected chi connectivity index (χ4v) is 4.63. The van der Waals surface area contributed by atoms with Gasteiger partial charge in [-0.25, -0.2) is 0 Å². The Morgan fingerprint density at radius 3 is 1.92 bits per heavy atom. The molecule has 1 aromatic carbocycles. The molecule has 0 aliphatic heterocycles. The van der Waals surface area contributed by atoms with E-state index in [1.807, 2.05) is 11.3 Å². The molecule has 0 unspecified atom stereocenters. The quantitative estimate of drug-likeness (QED) is 0.489. The topological polar surface area (TPSA) is 0 Å². The molecule has 3 rings (SSSR count). The summed E-state index contributed by atoms with van der Waals surface area (Å²) in [5.74, 6) is 0. The van der Waals surface area contributed by atoms with Gasteiger partial charge in [0, 0.05) is 9.75 Å². The van der Waals surface area contributed by atoms with E-state index in [-0.39, 0.29) is 10.8 Å². The standard InChI is InChI=1S/C22H28S.C2H4/c1-14-12-18-19(22(6,7)11-10-21(18,4)5)13-17(14)16(3)20-9-8-15(2)23-20;1-2/h8-9,12-13H,3,10-11H2,1-2,4-7H3;1-2H2. The highest BCUT2D eigenvalue weighted by Crippen LogP contribution is 2.47. The van der Waals surface area contributed by atoms with Crippen LogP contribution in [0, 0.1) is 13.8 Å². The van der Waals surface area contributed by atoms with Crippen LogP contribution in [0.15, 0.2) is 44.0 Å². The van der Waals surface area contributed by atoms with E-state index in [9.17, 15) is 0 Å². The van der Waals surface area contributed by atoms with Gasteiger partial charge in [-0.05, 0) is 77.5 Å². The Morgan fingerprint density at radius 2 is 1.44 bits per heavy atom. The minimum absolute atomic E-state index is 0.249. The first-order valence-electron chi connectivity index (χ1n) is 9.03. The van der Waals surface area contributed by atoms with E-state index >= 15 is 0 Å². The van der Waals surface area contributed by atoms with Gasteiger partial charge < -0.3 is 0 Å². The van der Waals surface area contributed by atoms with E-state index in [0.717, 1.165) is 0 Å². The van der Waals surface area contributed by atoms with Crippen LogP contribution in [0.25, 0.3) is 5.57 Å². The van der Waals surface area contributed by atoms with E-state index in [1.54, 1.807) is 0 Å². The molecule has 0 bridgehead atoms. The largest absolute Gasteiger partial charge is 0.141 e. The molecule has 2 aromatic rings. The smallest absolute Gasteiger partial charge is 0.0345 e. The van der Waals surface area contributed by atoms with Crippen LogP contribution in [0.4, 0.5) is 0 Å². The number of rotatable bonds is 2. The number of hydrogen-bond acceptors (Lipinski definition) is 1. The number of hydrogen-bond donors (Lipinski definition) is 0. The van der Waals surface area contributed by atoms with E-state index in [4.69, 9.17) is 0 Å². The molecule has 1 aliphatic carbocycles. The van der Waals surface area contributed by atoms with Crippen LogP contribution >= 0.6 is 11.3 Å². The summed E-state index contributed by atoms with van der Waals surface area (Å²) in [5.41, 5.74) is 7.41. The first kappa shape index (κ1) is 19.7. The second-order valence-electron chi connectivity index (χ2n) is 8.37. The van der Waals surface area contributed by atoms with E-state index in [2.05, 4.69) is 85.5 Å². The molecule has 0 nitrogen and oxygen atoms in total. The third-order valence-electron chi connectivity index (χ3n) is 5.56. The Hall–Kier alpha value is -1.60. The highest BCUT2D eigenvalue weighted by atomic mass is 32.1. The van der Waals surface area contributed by atoms with Gasteiger partial charge in [-0.3, -0.25) is 0 Å². The van der Waals surface area contributed by atoms with Crippen molar-refractivity contribution in [3.05, 3.63) is 76.0 Å². The van der Waals surface area contributed by atoms with Crippen molar-refractivity contribution in [3.63, 3.8) is 0 Å². The first-order valence-corrected chi connectivity index (χ1v) is 9.85. The number of thiophene rings is 1. The Balaban J connectivity index is 0.00000109. The molecule has 25 heavy (non-hydrogen) atoms. The fraction of sp³-hybridized carbons (Fsp3) is 0.417. The monoisotopic (exact) mass is 352 g/mol. The van der Waals surface area contributed by atoms with Crippen molar-refractivity contribution in [2.75, 3.05) is 0 Å². The van der Waals surface area contributed by atoms with Crippen LogP contribution in [-0.2, 0) is 10.8 Å². The number of benzene rings is 1. The normalized spacial score (nSPS) is 17.2. The molecule has 0 atom stereocenters. The SMILES string of the molecule is C=C.C=C(c1ccc(C)s1)c1cc2c(cc1C)C(C)(C)CCC2(C)C. The minimum Gasteiger partial charge on any atom is -0.141 e. The minimum atomic E-state index is 0.249. The third kappa shape index (κ3) is 3.67. The van der Waals surface area contributed by atoms with Crippen LogP contribution in [0.2, 0.25) is 0 Å². The highest BCUT2D eigenvalue weighted by molar-refractivity contribution is 7.13. The molecular formula is C24H32S. The summed E-state index contributed by atoms with van der Waals surface area (Å²) in [6.45, 7) is 24.4. The maximum atomic E-state index is 4.41. The molecule has 0 radical (unpaired) electrons. The molecule has 1 aromatic heterocycles. The van der Waals surface area contributed by atoms with Gasteiger partial charge in [0.25, 0.3) is 0 Å². The van der Waals surface area contributed by atoms with Gasteiger partial charge in [0.1, 0.15) is 0 Å². The molecule has 0 amide bonds. The molecule has 0 saturated heterocycles. The van der Waals surface area contributed by atoms with Crippen molar-refractivity contribution in [1.82, 2.24) is 0 Å². The number of aryl methyl sites for hydroxylation is 2. The average Bonchev–Trinajstić information content (AvgIpc) is 2.99. The lowest BCUT2D eigenvalue weighted by molar-refractivity contribution is 0.331. The van der Waals surface area contributed by atoms with Crippen molar-refractivity contribution in [2.24, 2.45) is 0 Å². The van der Waals surface area contributed by atoms with E-state index in [1.165, 1.54) is 50.4 Å². The molecule has 0 fully saturated rings. The molecular weight excluding hydrogens is 320 g/mol. The average molecular weight is 353 g/mol. The highest BCUT2D eigenvalue weighted by Gasteiger charge is 2.37. The lowest BCUT2D eigenvalue weighted by Gasteiger charge is -2.42. The van der Waals surface area contributed by atoms with Crippen LogP contribution in [0.1, 0.15) is 72.5 Å². The molecule has 0 saturated carbocycles. The Kier molecular flexibility index (Phi) is 5.49. The van der Waals surface area contributed by atoms with E-state index in [0.29, 0.717) is 0 Å². The second kappa shape index (κ2) is 6.96. The van der Waals surface area contributed by atoms with Gasteiger partial charge >= 0.3 is 0 Å². The Bertz CT molecular complexity index is 786. The molecule has 0 spiro atoms. The summed E-state index contributed by atoms with van der Waals surface area (Å²) in [6.07, 6.45) is 2.51. The van der Waals surface area contributed by atoms with Crippen molar-refractivity contribution in [2.45, 2.75) is 65.2 Å². The van der Waals surface area contributed by atoms with Gasteiger partial charge in [-0.2, -0.15) is 0 Å². The van der Waals surface area contributed by atoms with Crippen LogP contribution in [0.5, 0.6) is 0 Å². The predicted molar refractivity (Wildman–Crippen MR) is 115 cm³/mol. The lowest BCUT2D eigenvalue weighted by Crippen LogP contribution is -2.34. The summed E-state index contributed by atoms with van der Waals surface area (Å²) in [5, 5.41) is 0. The van der Waals surface area contributed by atoms with Gasteiger partial charge in [0.15, 0.2) is 0 Å². The maximum absolute atomic E-state index is 4.41. The molecule has 1 heterocycles. The molecule has 1 aliphatic rings. The Morgan fingerprint density at radius 1 is 0.920 bits per heavy atom. The summed E-state index contributed by atoms with van der Waals surface area (Å²) in [6, 6.07) is 9.25. The van der Waals surface area contributed by atoms with Gasteiger partial charge in [0.05, 0.1) is 0 Å². The number of fused-ring (bicyclic) bond motifs is 1. The van der Waals surface area contributed by atoms with Crippen molar-refractivity contribution in [3.8, 4) is 0 Å². The first-order chi connectivity index (χ1) is 11.6. The van der Waals surface area contributed by atoms with Crippen molar-refractivity contribution >= 4 is 16.9 Å². The summed E-state index contributed by atoms with van der Waals surface area (Å²) in [4.78, 5) is 2.64. The summed E-state index contributed by atoms with van der Waals surface area (Å²) in [7, 11) is 0. The van der Waals surface area contributed by atoms with Crippen LogP contribution in [-0.4, -0.2) is 0 Å². The zero-order valence-corrected chi connectivity index (χ0v) is 17.6. The zero-order chi connectivity index (χ0) is 19.0. The van der Waals surface area contributed by atoms with E-state index < -0.39 is 0 Å². The van der Waals surface area contributed by atoms with Gasteiger partial charge in [0.2, 0.25) is 0 Å². The predicted octanol–water partition coefficient (Wildman–Crippen LogP) is 7.58. The summed E-state index contributed by atoms with van der Waals surface area (Å²) >= 11 is 1.84. The van der Waals surface area contributed by atoms with Crippen LogP contribution in [0.3, 0.4) is 0 Å². The van der Waals surface area contributed by atoms with Crippen LogP contribution < -0.4 is 0 Å². The molecule has 134 valence electrons. The third-order valence-corrected chi connectivity index (χ3v) is 6.62. The fourth-order valence-electron chi connectivity index (χ4n) is 3.78. The zero-order valence-electron chi connectivity index (χ0n) is 16.8.